The van der Waals surface area contributed by atoms with Gasteiger partial charge in [0.25, 0.3) is 5.56 Å². The van der Waals surface area contributed by atoms with Crippen molar-refractivity contribution in [3.8, 4) is 0 Å². The summed E-state index contributed by atoms with van der Waals surface area (Å²) in [6, 6.07) is 1.36. The quantitative estimate of drug-likeness (QED) is 0.709. The minimum Gasteiger partial charge on any atom is -0.361 e. The van der Waals surface area contributed by atoms with Gasteiger partial charge in [-0.15, -0.1) is 0 Å². The zero-order valence-corrected chi connectivity index (χ0v) is 7.66. The number of nitrogens with one attached hydrogen (secondary N) is 1. The van der Waals surface area contributed by atoms with Crippen LogP contribution in [0.25, 0.3) is 0 Å². The summed E-state index contributed by atoms with van der Waals surface area (Å²) in [6.45, 7) is 4.24. The van der Waals surface area contributed by atoms with E-state index in [1.54, 1.807) is 6.92 Å². The van der Waals surface area contributed by atoms with E-state index in [4.69, 9.17) is 4.74 Å². The first-order valence-corrected chi connectivity index (χ1v) is 4.03. The first-order chi connectivity index (χ1) is 6.15. The molecular weight excluding hydrogens is 172 g/mol. The monoisotopic (exact) mass is 184 g/mol. The van der Waals surface area contributed by atoms with E-state index in [9.17, 15) is 9.59 Å². The summed E-state index contributed by atoms with van der Waals surface area (Å²) in [5, 5.41) is 0. The maximum absolute atomic E-state index is 11.2. The summed E-state index contributed by atoms with van der Waals surface area (Å²) in [5.41, 5.74) is -0.212. The highest BCUT2D eigenvalue weighted by Crippen LogP contribution is 1.88. The molecule has 5 nitrogen and oxygen atoms in total. The maximum Gasteiger partial charge on any atom is 0.330 e. The highest BCUT2D eigenvalue weighted by atomic mass is 16.5. The Kier molecular flexibility index (Phi) is 3.02. The molecule has 0 saturated carbocycles. The van der Waals surface area contributed by atoms with Crippen LogP contribution >= 0.6 is 0 Å². The molecule has 13 heavy (non-hydrogen) atoms. The molecule has 1 aromatic rings. The Morgan fingerprint density at radius 3 is 2.77 bits per heavy atom. The lowest BCUT2D eigenvalue weighted by Crippen LogP contribution is -2.31. The topological polar surface area (TPSA) is 64.1 Å². The largest absolute Gasteiger partial charge is 0.361 e. The third-order valence-corrected chi connectivity index (χ3v) is 1.67. The van der Waals surface area contributed by atoms with Gasteiger partial charge in [0, 0.05) is 18.4 Å². The SMILES string of the molecule is CCOCn1c(C)cc(=O)[nH]c1=O. The van der Waals surface area contributed by atoms with Crippen molar-refractivity contribution in [2.24, 2.45) is 0 Å². The average Bonchev–Trinajstić information content (AvgIpc) is 2.02. The fraction of sp³-hybridized carbons (Fsp3) is 0.500. The van der Waals surface area contributed by atoms with Crippen LogP contribution in [0.4, 0.5) is 0 Å². The number of aromatic nitrogens is 2. The van der Waals surface area contributed by atoms with E-state index in [0.717, 1.165) is 0 Å². The van der Waals surface area contributed by atoms with Gasteiger partial charge in [0.15, 0.2) is 0 Å². The summed E-state index contributed by atoms with van der Waals surface area (Å²) >= 11 is 0. The molecule has 0 saturated heterocycles. The van der Waals surface area contributed by atoms with Crippen LogP contribution in [-0.4, -0.2) is 16.2 Å². The third-order valence-electron chi connectivity index (χ3n) is 1.67. The molecule has 0 aromatic carbocycles. The van der Waals surface area contributed by atoms with Gasteiger partial charge in [-0.3, -0.25) is 14.3 Å². The summed E-state index contributed by atoms with van der Waals surface area (Å²) in [7, 11) is 0. The Labute approximate surface area is 75.0 Å². The normalized spacial score (nSPS) is 10.3. The van der Waals surface area contributed by atoms with Gasteiger partial charge >= 0.3 is 5.69 Å². The molecule has 0 atom stereocenters. The van der Waals surface area contributed by atoms with Gasteiger partial charge in [-0.1, -0.05) is 0 Å². The van der Waals surface area contributed by atoms with Crippen LogP contribution in [-0.2, 0) is 11.5 Å². The van der Waals surface area contributed by atoms with Crippen LogP contribution in [0.2, 0.25) is 0 Å². The molecule has 1 heterocycles. The molecule has 0 fully saturated rings. The Hall–Kier alpha value is -1.36. The van der Waals surface area contributed by atoms with Crippen molar-refractivity contribution in [3.05, 3.63) is 32.6 Å². The Balaban J connectivity index is 3.07. The first-order valence-electron chi connectivity index (χ1n) is 4.03. The molecule has 0 amide bonds. The van der Waals surface area contributed by atoms with E-state index in [1.807, 2.05) is 6.92 Å². The molecule has 0 aliphatic rings. The first kappa shape index (κ1) is 9.73. The molecule has 5 heteroatoms. The van der Waals surface area contributed by atoms with Crippen molar-refractivity contribution in [2.45, 2.75) is 20.6 Å². The number of rotatable bonds is 3. The van der Waals surface area contributed by atoms with E-state index in [-0.39, 0.29) is 12.3 Å². The number of ether oxygens (including phenoxy) is 1. The van der Waals surface area contributed by atoms with Crippen LogP contribution in [0.1, 0.15) is 12.6 Å². The Bertz CT molecular complexity index is 391. The smallest absolute Gasteiger partial charge is 0.330 e. The minimum absolute atomic E-state index is 0.179. The second-order valence-electron chi connectivity index (χ2n) is 2.63. The maximum atomic E-state index is 11.2. The number of H-pyrrole nitrogens is 1. The fourth-order valence-corrected chi connectivity index (χ4v) is 0.980. The number of hydrogen-bond acceptors (Lipinski definition) is 3. The van der Waals surface area contributed by atoms with E-state index in [2.05, 4.69) is 4.98 Å². The van der Waals surface area contributed by atoms with Crippen LogP contribution < -0.4 is 11.2 Å². The molecule has 0 spiro atoms. The van der Waals surface area contributed by atoms with E-state index < -0.39 is 5.69 Å². The molecule has 1 rings (SSSR count). The Morgan fingerprint density at radius 1 is 1.54 bits per heavy atom. The average molecular weight is 184 g/mol. The molecule has 1 aromatic heterocycles. The molecular formula is C8H12N2O3. The van der Waals surface area contributed by atoms with E-state index in [0.29, 0.717) is 12.3 Å². The van der Waals surface area contributed by atoms with Crippen molar-refractivity contribution < 1.29 is 4.74 Å². The van der Waals surface area contributed by atoms with Crippen molar-refractivity contribution in [3.63, 3.8) is 0 Å². The lowest BCUT2D eigenvalue weighted by molar-refractivity contribution is 0.0828. The molecule has 0 aliphatic carbocycles. The zero-order valence-electron chi connectivity index (χ0n) is 7.66. The number of aryl methyl sites for hydroxylation is 1. The van der Waals surface area contributed by atoms with Crippen molar-refractivity contribution in [2.75, 3.05) is 6.61 Å². The number of aromatic amines is 1. The van der Waals surface area contributed by atoms with Gasteiger partial charge in [0.05, 0.1) is 0 Å². The van der Waals surface area contributed by atoms with Gasteiger partial charge in [0.2, 0.25) is 0 Å². The van der Waals surface area contributed by atoms with E-state index >= 15 is 0 Å². The second-order valence-corrected chi connectivity index (χ2v) is 2.63. The lowest BCUT2D eigenvalue weighted by Gasteiger charge is -2.07. The summed E-state index contributed by atoms with van der Waals surface area (Å²) in [4.78, 5) is 24.2. The molecule has 0 bridgehead atoms. The highest BCUT2D eigenvalue weighted by Gasteiger charge is 2.00. The van der Waals surface area contributed by atoms with Crippen LogP contribution in [0.3, 0.4) is 0 Å². The summed E-state index contributed by atoms with van der Waals surface area (Å²) in [6.07, 6.45) is 0. The van der Waals surface area contributed by atoms with Crippen LogP contribution in [0, 0.1) is 6.92 Å². The lowest BCUT2D eigenvalue weighted by atomic mass is 10.4. The van der Waals surface area contributed by atoms with Gasteiger partial charge in [-0.25, -0.2) is 4.79 Å². The molecule has 1 N–H and O–H groups in total. The second kappa shape index (κ2) is 4.04. The highest BCUT2D eigenvalue weighted by molar-refractivity contribution is 4.97. The van der Waals surface area contributed by atoms with Crippen molar-refractivity contribution in [1.82, 2.24) is 9.55 Å². The predicted octanol–water partition coefficient (Wildman–Crippen LogP) is -0.161. The van der Waals surface area contributed by atoms with Crippen LogP contribution in [0.5, 0.6) is 0 Å². The fourth-order valence-electron chi connectivity index (χ4n) is 0.980. The summed E-state index contributed by atoms with van der Waals surface area (Å²) < 4.78 is 6.43. The van der Waals surface area contributed by atoms with Crippen molar-refractivity contribution in [1.29, 1.82) is 0 Å². The van der Waals surface area contributed by atoms with Gasteiger partial charge in [0.1, 0.15) is 6.73 Å². The number of nitrogens with zero attached hydrogens (tertiary/aromatic N) is 1. The standard InChI is InChI=1S/C8H12N2O3/c1-3-13-5-10-6(2)4-7(11)9-8(10)12/h4H,3,5H2,1-2H3,(H,9,11,12). The summed E-state index contributed by atoms with van der Waals surface area (Å²) in [5.74, 6) is 0. The number of hydrogen-bond donors (Lipinski definition) is 1. The molecule has 72 valence electrons. The molecule has 0 radical (unpaired) electrons. The third kappa shape index (κ3) is 2.29. The van der Waals surface area contributed by atoms with Crippen LogP contribution in [0.15, 0.2) is 15.7 Å². The van der Waals surface area contributed by atoms with Crippen molar-refractivity contribution >= 4 is 0 Å². The molecule has 0 unspecified atom stereocenters. The zero-order chi connectivity index (χ0) is 9.84. The Morgan fingerprint density at radius 2 is 2.23 bits per heavy atom. The van der Waals surface area contributed by atoms with Gasteiger partial charge in [-0.2, -0.15) is 0 Å². The molecule has 0 aliphatic heterocycles. The van der Waals surface area contributed by atoms with Gasteiger partial charge < -0.3 is 4.74 Å². The predicted molar refractivity (Wildman–Crippen MR) is 47.7 cm³/mol. The minimum atomic E-state index is -0.432. The van der Waals surface area contributed by atoms with E-state index in [1.165, 1.54) is 10.6 Å². The van der Waals surface area contributed by atoms with Gasteiger partial charge in [-0.05, 0) is 13.8 Å².